The molecule has 1 aromatic carbocycles. The first kappa shape index (κ1) is 16.5. The molecule has 2 rings (SSSR count). The average molecular weight is 305 g/mol. The Morgan fingerprint density at radius 3 is 2.36 bits per heavy atom. The summed E-state index contributed by atoms with van der Waals surface area (Å²) in [6, 6.07) is 4.60. The van der Waals surface area contributed by atoms with Gasteiger partial charge in [-0.1, -0.05) is 29.3 Å². The molecular weight excluding hydrogens is 282 g/mol. The van der Waals surface area contributed by atoms with E-state index in [1.807, 2.05) is 19.9 Å². The minimum absolute atomic E-state index is 0.210. The number of amides is 1. The van der Waals surface area contributed by atoms with Crippen LogP contribution in [-0.2, 0) is 14.3 Å². The molecule has 22 heavy (non-hydrogen) atoms. The zero-order valence-electron chi connectivity index (χ0n) is 13.1. The number of ether oxygens (including phenoxy) is 1. The van der Waals surface area contributed by atoms with E-state index in [1.165, 1.54) is 0 Å². The van der Waals surface area contributed by atoms with E-state index >= 15 is 0 Å². The smallest absolute Gasteiger partial charge is 0.330 e. The third kappa shape index (κ3) is 4.56. The minimum Gasteiger partial charge on any atom is -0.479 e. The summed E-state index contributed by atoms with van der Waals surface area (Å²) in [5, 5.41) is 12.1. The highest BCUT2D eigenvalue weighted by molar-refractivity contribution is 5.84. The van der Waals surface area contributed by atoms with Crippen LogP contribution in [0.2, 0.25) is 0 Å². The van der Waals surface area contributed by atoms with Crippen LogP contribution in [0.15, 0.2) is 18.2 Å². The lowest BCUT2D eigenvalue weighted by Gasteiger charge is -2.22. The normalized spacial score (nSPS) is 17.0. The molecule has 1 heterocycles. The second-order valence-electron chi connectivity index (χ2n) is 6.02. The van der Waals surface area contributed by atoms with Crippen LogP contribution >= 0.6 is 0 Å². The van der Waals surface area contributed by atoms with Gasteiger partial charge in [0.05, 0.1) is 0 Å². The summed E-state index contributed by atoms with van der Waals surface area (Å²) < 4.78 is 5.27. The van der Waals surface area contributed by atoms with Gasteiger partial charge >= 0.3 is 5.97 Å². The molecule has 0 saturated carbocycles. The molecule has 2 N–H and O–H groups in total. The van der Waals surface area contributed by atoms with Gasteiger partial charge in [-0.15, -0.1) is 0 Å². The molecule has 1 saturated heterocycles. The summed E-state index contributed by atoms with van der Waals surface area (Å²) in [5.41, 5.74) is 2.59. The van der Waals surface area contributed by atoms with Gasteiger partial charge < -0.3 is 15.2 Å². The molecule has 1 unspecified atom stereocenters. The quantitative estimate of drug-likeness (QED) is 0.875. The van der Waals surface area contributed by atoms with Crippen LogP contribution in [0.4, 0.5) is 0 Å². The maximum Gasteiger partial charge on any atom is 0.330 e. The monoisotopic (exact) mass is 305 g/mol. The van der Waals surface area contributed by atoms with Gasteiger partial charge in [0.15, 0.2) is 6.04 Å². The molecule has 120 valence electrons. The fraction of sp³-hybridized carbons (Fsp3) is 0.529. The van der Waals surface area contributed by atoms with Crippen LogP contribution in [0.1, 0.15) is 42.0 Å². The molecule has 1 aliphatic heterocycles. The van der Waals surface area contributed by atoms with E-state index in [1.54, 1.807) is 12.1 Å². The molecule has 0 bridgehead atoms. The predicted molar refractivity (Wildman–Crippen MR) is 82.6 cm³/mol. The van der Waals surface area contributed by atoms with Gasteiger partial charge in [-0.25, -0.2) is 4.79 Å². The number of aryl methyl sites for hydroxylation is 2. The number of nitrogens with one attached hydrogen (secondary N) is 1. The largest absolute Gasteiger partial charge is 0.479 e. The van der Waals surface area contributed by atoms with Crippen LogP contribution in [0.5, 0.6) is 0 Å². The highest BCUT2D eigenvalue weighted by atomic mass is 16.5. The highest BCUT2D eigenvalue weighted by Gasteiger charge is 2.24. The number of carbonyl (C=O) groups is 2. The molecule has 1 aliphatic rings. The van der Waals surface area contributed by atoms with E-state index < -0.39 is 12.0 Å². The number of rotatable bonds is 5. The number of hydrogen-bond acceptors (Lipinski definition) is 3. The Balaban J connectivity index is 2.04. The summed E-state index contributed by atoms with van der Waals surface area (Å²) >= 11 is 0. The van der Waals surface area contributed by atoms with Crippen molar-refractivity contribution < 1.29 is 19.4 Å². The fourth-order valence-electron chi connectivity index (χ4n) is 2.90. The number of carbonyl (C=O) groups excluding carboxylic acids is 1. The summed E-state index contributed by atoms with van der Waals surface area (Å²) in [7, 11) is 0. The number of carboxylic acid groups (broad SMARTS) is 1. The van der Waals surface area contributed by atoms with Gasteiger partial charge in [0.25, 0.3) is 0 Å². The van der Waals surface area contributed by atoms with Crippen LogP contribution in [0.3, 0.4) is 0 Å². The lowest BCUT2D eigenvalue weighted by molar-refractivity contribution is -0.142. The van der Waals surface area contributed by atoms with E-state index in [4.69, 9.17) is 4.74 Å². The third-order valence-electron chi connectivity index (χ3n) is 3.94. The predicted octanol–water partition coefficient (Wildman–Crippen LogP) is 2.36. The van der Waals surface area contributed by atoms with Crippen LogP contribution in [0, 0.1) is 19.8 Å². The number of benzene rings is 1. The Bertz CT molecular complexity index is 529. The second kappa shape index (κ2) is 7.40. The molecule has 0 spiro atoms. The number of hydrogen-bond donors (Lipinski definition) is 2. The van der Waals surface area contributed by atoms with Gasteiger partial charge in [-0.05, 0) is 38.2 Å². The van der Waals surface area contributed by atoms with E-state index in [0.29, 0.717) is 25.2 Å². The standard InChI is InChI=1S/C17H23NO4/c1-11-7-12(2)9-14(8-11)16(17(20)21)18-15(19)10-13-3-5-22-6-4-13/h7-9,13,16H,3-6,10H2,1-2H3,(H,18,19)(H,20,21). The van der Waals surface area contributed by atoms with Crippen molar-refractivity contribution in [3.63, 3.8) is 0 Å². The van der Waals surface area contributed by atoms with Crippen molar-refractivity contribution in [1.82, 2.24) is 5.32 Å². The molecule has 1 fully saturated rings. The first-order chi connectivity index (χ1) is 10.5. The summed E-state index contributed by atoms with van der Waals surface area (Å²) in [6.07, 6.45) is 2.07. The number of carboxylic acids is 1. The Labute approximate surface area is 130 Å². The van der Waals surface area contributed by atoms with Crippen molar-refractivity contribution in [1.29, 1.82) is 0 Å². The molecule has 1 aromatic rings. The van der Waals surface area contributed by atoms with E-state index in [0.717, 1.165) is 24.0 Å². The average Bonchev–Trinajstić information content (AvgIpc) is 2.44. The summed E-state index contributed by atoms with van der Waals surface area (Å²) in [5.74, 6) is -0.966. The van der Waals surface area contributed by atoms with Crippen molar-refractivity contribution >= 4 is 11.9 Å². The Morgan fingerprint density at radius 1 is 1.23 bits per heavy atom. The molecule has 0 aromatic heterocycles. The molecule has 5 nitrogen and oxygen atoms in total. The van der Waals surface area contributed by atoms with Gasteiger partial charge in [0, 0.05) is 19.6 Å². The first-order valence-corrected chi connectivity index (χ1v) is 7.64. The molecule has 1 atom stereocenters. The highest BCUT2D eigenvalue weighted by Crippen LogP contribution is 2.21. The van der Waals surface area contributed by atoms with E-state index in [-0.39, 0.29) is 11.8 Å². The molecule has 5 heteroatoms. The van der Waals surface area contributed by atoms with Crippen LogP contribution < -0.4 is 5.32 Å². The Hall–Kier alpha value is -1.88. The summed E-state index contributed by atoms with van der Waals surface area (Å²) in [6.45, 7) is 5.19. The van der Waals surface area contributed by atoms with Crippen LogP contribution in [-0.4, -0.2) is 30.2 Å². The second-order valence-corrected chi connectivity index (χ2v) is 6.02. The van der Waals surface area contributed by atoms with Gasteiger partial charge in [0.1, 0.15) is 0 Å². The zero-order valence-corrected chi connectivity index (χ0v) is 13.1. The summed E-state index contributed by atoms with van der Waals surface area (Å²) in [4.78, 5) is 23.7. The fourth-order valence-corrected chi connectivity index (χ4v) is 2.90. The van der Waals surface area contributed by atoms with Crippen molar-refractivity contribution in [3.8, 4) is 0 Å². The first-order valence-electron chi connectivity index (χ1n) is 7.64. The van der Waals surface area contributed by atoms with Crippen molar-refractivity contribution in [2.75, 3.05) is 13.2 Å². The molecule has 1 amide bonds. The lowest BCUT2D eigenvalue weighted by Crippen LogP contribution is -2.35. The minimum atomic E-state index is -1.04. The number of aliphatic carboxylic acids is 1. The van der Waals surface area contributed by atoms with Gasteiger partial charge in [-0.2, -0.15) is 0 Å². The van der Waals surface area contributed by atoms with Crippen molar-refractivity contribution in [2.45, 2.75) is 39.2 Å². The zero-order chi connectivity index (χ0) is 16.1. The maximum atomic E-state index is 12.2. The van der Waals surface area contributed by atoms with E-state index in [2.05, 4.69) is 5.32 Å². The van der Waals surface area contributed by atoms with Crippen LogP contribution in [0.25, 0.3) is 0 Å². The Morgan fingerprint density at radius 2 is 1.82 bits per heavy atom. The van der Waals surface area contributed by atoms with E-state index in [9.17, 15) is 14.7 Å². The molecule has 0 aliphatic carbocycles. The molecule has 0 radical (unpaired) electrons. The molecular formula is C17H23NO4. The topological polar surface area (TPSA) is 75.6 Å². The maximum absolute atomic E-state index is 12.2. The van der Waals surface area contributed by atoms with Crippen molar-refractivity contribution in [3.05, 3.63) is 34.9 Å². The van der Waals surface area contributed by atoms with Crippen molar-refractivity contribution in [2.24, 2.45) is 5.92 Å². The van der Waals surface area contributed by atoms with Gasteiger partial charge in [-0.3, -0.25) is 4.79 Å². The third-order valence-corrected chi connectivity index (χ3v) is 3.94. The SMILES string of the molecule is Cc1cc(C)cc(C(NC(=O)CC2CCOCC2)C(=O)O)c1. The van der Waals surface area contributed by atoms with Gasteiger partial charge in [0.2, 0.25) is 5.91 Å². The Kier molecular flexibility index (Phi) is 5.55. The lowest BCUT2D eigenvalue weighted by atomic mass is 9.95.